The van der Waals surface area contributed by atoms with Crippen molar-refractivity contribution in [2.45, 2.75) is 23.8 Å². The minimum atomic E-state index is 0.553. The van der Waals surface area contributed by atoms with Crippen LogP contribution in [0.15, 0.2) is 38.7 Å². The van der Waals surface area contributed by atoms with E-state index in [4.69, 9.17) is 5.73 Å². The average Bonchev–Trinajstić information content (AvgIpc) is 2.28. The predicted octanol–water partition coefficient (Wildman–Crippen LogP) is 3.59. The van der Waals surface area contributed by atoms with Crippen molar-refractivity contribution in [1.29, 1.82) is 0 Å². The number of nitrogens with zero attached hydrogens (tertiary/aromatic N) is 2. The number of anilines is 1. The molecule has 0 radical (unpaired) electrons. The highest BCUT2D eigenvalue weighted by molar-refractivity contribution is 9.10. The van der Waals surface area contributed by atoms with Crippen LogP contribution >= 0.6 is 27.7 Å². The maximum Gasteiger partial charge on any atom is 0.131 e. The van der Waals surface area contributed by atoms with Crippen molar-refractivity contribution in [2.75, 3.05) is 5.73 Å². The van der Waals surface area contributed by atoms with Crippen LogP contribution in [0.25, 0.3) is 0 Å². The summed E-state index contributed by atoms with van der Waals surface area (Å²) in [5, 5.41) is 0.914. The van der Waals surface area contributed by atoms with E-state index < -0.39 is 0 Å². The number of rotatable bonds is 2. The van der Waals surface area contributed by atoms with Crippen molar-refractivity contribution in [2.24, 2.45) is 0 Å². The van der Waals surface area contributed by atoms with Crippen LogP contribution in [0.3, 0.4) is 0 Å². The van der Waals surface area contributed by atoms with Gasteiger partial charge in [-0.1, -0.05) is 27.7 Å². The highest BCUT2D eigenvalue weighted by atomic mass is 79.9. The molecule has 2 rings (SSSR count). The largest absolute Gasteiger partial charge is 0.383 e. The van der Waals surface area contributed by atoms with E-state index in [0.717, 1.165) is 20.0 Å². The normalized spacial score (nSPS) is 10.5. The molecule has 0 saturated carbocycles. The van der Waals surface area contributed by atoms with E-state index in [2.05, 4.69) is 25.9 Å². The summed E-state index contributed by atoms with van der Waals surface area (Å²) < 4.78 is 1.07. The van der Waals surface area contributed by atoms with Crippen LogP contribution in [0.5, 0.6) is 0 Å². The van der Waals surface area contributed by atoms with Crippen molar-refractivity contribution in [1.82, 2.24) is 9.97 Å². The molecule has 0 unspecified atom stereocenters. The second kappa shape index (κ2) is 5.06. The van der Waals surface area contributed by atoms with Crippen molar-refractivity contribution in [3.05, 3.63) is 40.1 Å². The van der Waals surface area contributed by atoms with Gasteiger partial charge in [-0.25, -0.2) is 9.97 Å². The first kappa shape index (κ1) is 12.4. The molecule has 1 heterocycles. The molecule has 0 bridgehead atoms. The molecular weight excluding hydrogens is 298 g/mol. The Hall–Kier alpha value is -1.07. The number of nitrogen functional groups attached to an aromatic ring is 1. The van der Waals surface area contributed by atoms with Crippen molar-refractivity contribution < 1.29 is 0 Å². The summed E-state index contributed by atoms with van der Waals surface area (Å²) in [6.45, 7) is 3.79. The molecule has 0 atom stereocenters. The predicted molar refractivity (Wildman–Crippen MR) is 74.2 cm³/mol. The zero-order chi connectivity index (χ0) is 12.4. The molecule has 0 aliphatic rings. The van der Waals surface area contributed by atoms with Gasteiger partial charge in [0.05, 0.1) is 0 Å². The maximum atomic E-state index is 5.83. The Balaban J connectivity index is 2.32. The minimum absolute atomic E-state index is 0.553. The monoisotopic (exact) mass is 309 g/mol. The molecule has 2 aromatic rings. The van der Waals surface area contributed by atoms with Gasteiger partial charge in [0, 0.05) is 14.9 Å². The van der Waals surface area contributed by atoms with E-state index >= 15 is 0 Å². The summed E-state index contributed by atoms with van der Waals surface area (Å²) in [4.78, 5) is 9.68. The quantitative estimate of drug-likeness (QED) is 0.861. The van der Waals surface area contributed by atoms with Gasteiger partial charge in [0.15, 0.2) is 0 Å². The molecule has 0 fully saturated rings. The second-order valence-corrected chi connectivity index (χ2v) is 5.62. The van der Waals surface area contributed by atoms with Crippen LogP contribution in [-0.4, -0.2) is 9.97 Å². The molecule has 0 aliphatic heterocycles. The summed E-state index contributed by atoms with van der Waals surface area (Å²) in [5.41, 5.74) is 6.76. The molecule has 17 heavy (non-hydrogen) atoms. The number of benzene rings is 1. The third-order valence-corrected chi connectivity index (χ3v) is 3.91. The molecule has 5 heteroatoms. The minimum Gasteiger partial charge on any atom is -0.383 e. The smallest absolute Gasteiger partial charge is 0.131 e. The second-order valence-electron chi connectivity index (χ2n) is 3.64. The Kier molecular flexibility index (Phi) is 3.69. The highest BCUT2D eigenvalue weighted by Gasteiger charge is 2.08. The topological polar surface area (TPSA) is 51.8 Å². The molecule has 2 N–H and O–H groups in total. The zero-order valence-corrected chi connectivity index (χ0v) is 12.0. The van der Waals surface area contributed by atoms with E-state index in [1.54, 1.807) is 11.8 Å². The molecule has 1 aromatic heterocycles. The summed E-state index contributed by atoms with van der Waals surface area (Å²) in [6, 6.07) is 8.10. The van der Waals surface area contributed by atoms with Crippen LogP contribution in [-0.2, 0) is 0 Å². The number of aryl methyl sites for hydroxylation is 1. The molecule has 3 nitrogen and oxygen atoms in total. The van der Waals surface area contributed by atoms with Gasteiger partial charge in [-0.15, -0.1) is 0 Å². The van der Waals surface area contributed by atoms with Crippen LogP contribution in [0.2, 0.25) is 0 Å². The maximum absolute atomic E-state index is 5.83. The summed E-state index contributed by atoms with van der Waals surface area (Å²) in [7, 11) is 0. The molecule has 0 aliphatic carbocycles. The Morgan fingerprint density at radius 1 is 1.12 bits per heavy atom. The molecular formula is C12H12BrN3S. The summed E-state index contributed by atoms with van der Waals surface area (Å²) in [6.07, 6.45) is 0. The first-order valence-corrected chi connectivity index (χ1v) is 6.71. The van der Waals surface area contributed by atoms with E-state index in [9.17, 15) is 0 Å². The Labute approximate surface area is 113 Å². The van der Waals surface area contributed by atoms with Gasteiger partial charge < -0.3 is 5.73 Å². The standard InChI is InChI=1S/C12H12BrN3S/c1-7-11(14)15-8(2)16-12(7)17-10-5-3-9(13)4-6-10/h3-6H,1-2H3,(H2,14,15,16). The van der Waals surface area contributed by atoms with Gasteiger partial charge in [0.1, 0.15) is 16.7 Å². The lowest BCUT2D eigenvalue weighted by atomic mass is 10.3. The van der Waals surface area contributed by atoms with Crippen LogP contribution in [0.1, 0.15) is 11.4 Å². The molecule has 1 aromatic carbocycles. The van der Waals surface area contributed by atoms with Crippen LogP contribution in [0.4, 0.5) is 5.82 Å². The molecule has 0 saturated heterocycles. The third kappa shape index (κ3) is 2.98. The Bertz CT molecular complexity index is 540. The number of hydrogen-bond donors (Lipinski definition) is 1. The number of hydrogen-bond acceptors (Lipinski definition) is 4. The van der Waals surface area contributed by atoms with Crippen molar-refractivity contribution >= 4 is 33.5 Å². The number of nitrogens with two attached hydrogens (primary N) is 1. The molecule has 0 spiro atoms. The average molecular weight is 310 g/mol. The number of aromatic nitrogens is 2. The van der Waals surface area contributed by atoms with E-state index in [1.807, 2.05) is 38.1 Å². The van der Waals surface area contributed by atoms with E-state index in [0.29, 0.717) is 11.6 Å². The van der Waals surface area contributed by atoms with Gasteiger partial charge in [-0.05, 0) is 38.1 Å². The fraction of sp³-hybridized carbons (Fsp3) is 0.167. The first-order chi connectivity index (χ1) is 8.06. The lowest BCUT2D eigenvalue weighted by Gasteiger charge is -2.07. The van der Waals surface area contributed by atoms with Crippen molar-refractivity contribution in [3.63, 3.8) is 0 Å². The Morgan fingerprint density at radius 2 is 1.76 bits per heavy atom. The van der Waals surface area contributed by atoms with E-state index in [-0.39, 0.29) is 0 Å². The fourth-order valence-electron chi connectivity index (χ4n) is 1.34. The highest BCUT2D eigenvalue weighted by Crippen LogP contribution is 2.31. The third-order valence-electron chi connectivity index (χ3n) is 2.28. The molecule has 88 valence electrons. The number of halogens is 1. The van der Waals surface area contributed by atoms with Gasteiger partial charge in [-0.3, -0.25) is 0 Å². The lowest BCUT2D eigenvalue weighted by Crippen LogP contribution is -2.01. The SMILES string of the molecule is Cc1nc(N)c(C)c(Sc2ccc(Br)cc2)n1. The zero-order valence-electron chi connectivity index (χ0n) is 9.57. The fourth-order valence-corrected chi connectivity index (χ4v) is 2.53. The van der Waals surface area contributed by atoms with Crippen LogP contribution in [0, 0.1) is 13.8 Å². The lowest BCUT2D eigenvalue weighted by molar-refractivity contribution is 0.947. The van der Waals surface area contributed by atoms with Crippen molar-refractivity contribution in [3.8, 4) is 0 Å². The van der Waals surface area contributed by atoms with Gasteiger partial charge >= 0.3 is 0 Å². The van der Waals surface area contributed by atoms with Gasteiger partial charge in [0.25, 0.3) is 0 Å². The Morgan fingerprint density at radius 3 is 2.41 bits per heavy atom. The first-order valence-electron chi connectivity index (χ1n) is 5.10. The summed E-state index contributed by atoms with van der Waals surface area (Å²) in [5.74, 6) is 1.25. The molecule has 0 amide bonds. The van der Waals surface area contributed by atoms with Crippen LogP contribution < -0.4 is 5.73 Å². The van der Waals surface area contributed by atoms with Gasteiger partial charge in [-0.2, -0.15) is 0 Å². The van der Waals surface area contributed by atoms with E-state index in [1.165, 1.54) is 0 Å². The van der Waals surface area contributed by atoms with Gasteiger partial charge in [0.2, 0.25) is 0 Å². The summed E-state index contributed by atoms with van der Waals surface area (Å²) >= 11 is 5.01.